The number of ether oxygens (including phenoxy) is 1. The second kappa shape index (κ2) is 2.68. The molecule has 0 amide bonds. The highest BCUT2D eigenvalue weighted by molar-refractivity contribution is 7.87. The lowest BCUT2D eigenvalue weighted by atomic mass is 10.1. The van der Waals surface area contributed by atoms with Gasteiger partial charge in [-0.25, -0.2) is 0 Å². The van der Waals surface area contributed by atoms with Crippen molar-refractivity contribution >= 4 is 16.2 Å². The molecule has 2 saturated carbocycles. The molecule has 0 aromatic carbocycles. The van der Waals surface area contributed by atoms with Crippen LogP contribution in [0.2, 0.25) is 0 Å². The van der Waals surface area contributed by atoms with Gasteiger partial charge in [-0.15, -0.1) is 3.89 Å². The van der Waals surface area contributed by atoms with Crippen LogP contribution in [-0.4, -0.2) is 26.7 Å². The van der Waals surface area contributed by atoms with Crippen LogP contribution >= 0.6 is 0 Å². The molecule has 0 saturated heterocycles. The van der Waals surface area contributed by atoms with Gasteiger partial charge in [0.05, 0.1) is 17.8 Å². The Kier molecular flexibility index (Phi) is 1.90. The van der Waals surface area contributed by atoms with E-state index in [-0.39, 0.29) is 12.3 Å². The Hall–Kier alpha value is -0.650. The highest BCUT2D eigenvalue weighted by Gasteiger charge is 2.70. The van der Waals surface area contributed by atoms with Gasteiger partial charge in [0.15, 0.2) is 0 Å². The van der Waals surface area contributed by atoms with Crippen molar-refractivity contribution in [2.24, 2.45) is 11.3 Å². The van der Waals surface area contributed by atoms with E-state index in [1.165, 1.54) is 7.11 Å². The summed E-state index contributed by atoms with van der Waals surface area (Å²) in [4.78, 5) is 11.3. The molecular weight excluding hydrogens is 211 g/mol. The summed E-state index contributed by atoms with van der Waals surface area (Å²) in [5, 5.41) is -0.985. The third kappa shape index (κ3) is 1.16. The zero-order valence-electron chi connectivity index (χ0n) is 7.70. The number of carbonyl (C=O) groups is 1. The number of esters is 1. The summed E-state index contributed by atoms with van der Waals surface area (Å²) in [5.74, 6) is -0.751. The second-order valence-electron chi connectivity index (χ2n) is 4.01. The third-order valence-corrected chi connectivity index (χ3v) is 4.70. The second-order valence-corrected chi connectivity index (χ2v) is 5.57. The zero-order valence-corrected chi connectivity index (χ0v) is 8.51. The van der Waals surface area contributed by atoms with Crippen LogP contribution in [-0.2, 0) is 19.8 Å². The van der Waals surface area contributed by atoms with Crippen LogP contribution in [0.25, 0.3) is 0 Å². The van der Waals surface area contributed by atoms with Crippen LogP contribution in [0.5, 0.6) is 0 Å². The van der Waals surface area contributed by atoms with E-state index in [2.05, 4.69) is 4.74 Å². The van der Waals surface area contributed by atoms with Gasteiger partial charge in [-0.05, 0) is 25.2 Å². The Morgan fingerprint density at radius 3 is 2.57 bits per heavy atom. The molecule has 2 rings (SSSR count). The summed E-state index contributed by atoms with van der Waals surface area (Å²) in [6, 6.07) is 0. The fourth-order valence-electron chi connectivity index (χ4n) is 2.59. The molecule has 0 spiro atoms. The molecule has 0 heterocycles. The van der Waals surface area contributed by atoms with Gasteiger partial charge in [-0.1, -0.05) is 0 Å². The molecule has 80 valence electrons. The maximum absolute atomic E-state index is 12.7. The minimum Gasteiger partial charge on any atom is -0.469 e. The maximum atomic E-state index is 12.7. The normalized spacial score (nSPS) is 40.4. The van der Waals surface area contributed by atoms with Gasteiger partial charge in [0, 0.05) is 0 Å². The molecule has 0 aromatic heterocycles. The number of hydrogen-bond acceptors (Lipinski definition) is 4. The van der Waals surface area contributed by atoms with Crippen LogP contribution < -0.4 is 0 Å². The maximum Gasteiger partial charge on any atom is 0.312 e. The molecule has 4 nitrogen and oxygen atoms in total. The topological polar surface area (TPSA) is 60.4 Å². The lowest BCUT2D eigenvalue weighted by Crippen LogP contribution is -2.19. The zero-order chi connectivity index (χ0) is 10.6. The van der Waals surface area contributed by atoms with Crippen molar-refractivity contribution in [2.75, 3.05) is 7.11 Å². The SMILES string of the molecule is COC(=O)[C@@]12CC[C@H](S(=O)(=O)F)[C@@H]1C2. The molecule has 0 N–H and O–H groups in total. The van der Waals surface area contributed by atoms with E-state index in [0.717, 1.165) is 0 Å². The summed E-state index contributed by atoms with van der Waals surface area (Å²) < 4.78 is 38.7. The smallest absolute Gasteiger partial charge is 0.312 e. The van der Waals surface area contributed by atoms with E-state index in [1.54, 1.807) is 0 Å². The van der Waals surface area contributed by atoms with Gasteiger partial charge in [0.25, 0.3) is 0 Å². The van der Waals surface area contributed by atoms with Gasteiger partial charge in [0.2, 0.25) is 0 Å². The van der Waals surface area contributed by atoms with Crippen molar-refractivity contribution in [3.05, 3.63) is 0 Å². The first-order valence-electron chi connectivity index (χ1n) is 4.44. The van der Waals surface area contributed by atoms with Crippen molar-refractivity contribution in [1.82, 2.24) is 0 Å². The fraction of sp³-hybridized carbons (Fsp3) is 0.875. The lowest BCUT2D eigenvalue weighted by Gasteiger charge is -2.06. The van der Waals surface area contributed by atoms with Crippen LogP contribution in [0.4, 0.5) is 3.89 Å². The van der Waals surface area contributed by atoms with Crippen molar-refractivity contribution in [3.63, 3.8) is 0 Å². The van der Waals surface area contributed by atoms with Crippen LogP contribution in [0.15, 0.2) is 0 Å². The number of rotatable bonds is 2. The predicted octanol–water partition coefficient (Wildman–Crippen LogP) is 0.627. The average molecular weight is 222 g/mol. The standard InChI is InChI=1S/C8H11FO4S/c1-13-7(10)8-3-2-6(5(8)4-8)14(9,11)12/h5-6H,2-4H2,1H3/t5-,6-,8+/m0/s1. The lowest BCUT2D eigenvalue weighted by molar-refractivity contribution is -0.147. The Balaban J connectivity index is 2.19. The van der Waals surface area contributed by atoms with E-state index in [0.29, 0.717) is 12.8 Å². The Bertz CT molecular complexity index is 377. The molecule has 2 aliphatic carbocycles. The molecule has 2 fully saturated rings. The molecule has 0 aliphatic heterocycles. The Morgan fingerprint density at radius 1 is 1.57 bits per heavy atom. The van der Waals surface area contributed by atoms with E-state index < -0.39 is 26.9 Å². The molecule has 0 aromatic rings. The molecule has 0 radical (unpaired) electrons. The van der Waals surface area contributed by atoms with Crippen LogP contribution in [0, 0.1) is 11.3 Å². The number of methoxy groups -OCH3 is 1. The predicted molar refractivity (Wildman–Crippen MR) is 45.6 cm³/mol. The molecule has 0 unspecified atom stereocenters. The number of halogens is 1. The third-order valence-electron chi connectivity index (χ3n) is 3.41. The summed E-state index contributed by atoms with van der Waals surface area (Å²) in [5.41, 5.74) is -0.682. The fourth-order valence-corrected chi connectivity index (χ4v) is 3.73. The monoisotopic (exact) mass is 222 g/mol. The highest BCUT2D eigenvalue weighted by Crippen LogP contribution is 2.65. The van der Waals surface area contributed by atoms with Gasteiger partial charge in [0.1, 0.15) is 0 Å². The van der Waals surface area contributed by atoms with Crippen molar-refractivity contribution in [1.29, 1.82) is 0 Å². The van der Waals surface area contributed by atoms with Crippen molar-refractivity contribution in [2.45, 2.75) is 24.5 Å². The molecule has 3 atom stereocenters. The van der Waals surface area contributed by atoms with E-state index in [1.807, 2.05) is 0 Å². The summed E-state index contributed by atoms with van der Waals surface area (Å²) in [6.07, 6.45) is 1.12. The molecular formula is C8H11FO4S. The Labute approximate surface area is 81.6 Å². The first kappa shape index (κ1) is 9.89. The number of hydrogen-bond donors (Lipinski definition) is 0. The average Bonchev–Trinajstić information content (AvgIpc) is 2.69. The minimum atomic E-state index is -4.50. The van der Waals surface area contributed by atoms with Gasteiger partial charge in [-0.2, -0.15) is 8.42 Å². The molecule has 0 bridgehead atoms. The van der Waals surface area contributed by atoms with E-state index in [4.69, 9.17) is 0 Å². The first-order valence-corrected chi connectivity index (χ1v) is 5.88. The minimum absolute atomic E-state index is 0.235. The molecule has 6 heteroatoms. The number of carbonyl (C=O) groups excluding carboxylic acids is 1. The first-order chi connectivity index (χ1) is 6.42. The number of fused-ring (bicyclic) bond motifs is 1. The van der Waals surface area contributed by atoms with E-state index >= 15 is 0 Å². The summed E-state index contributed by atoms with van der Waals surface area (Å²) in [7, 11) is -3.23. The van der Waals surface area contributed by atoms with Crippen molar-refractivity contribution in [3.8, 4) is 0 Å². The van der Waals surface area contributed by atoms with Gasteiger partial charge >= 0.3 is 16.2 Å². The van der Waals surface area contributed by atoms with Gasteiger partial charge in [-0.3, -0.25) is 4.79 Å². The quantitative estimate of drug-likeness (QED) is 0.508. The van der Waals surface area contributed by atoms with Gasteiger partial charge < -0.3 is 4.74 Å². The van der Waals surface area contributed by atoms with Crippen molar-refractivity contribution < 1.29 is 21.8 Å². The highest BCUT2D eigenvalue weighted by atomic mass is 32.3. The summed E-state index contributed by atoms with van der Waals surface area (Å²) >= 11 is 0. The van der Waals surface area contributed by atoms with Crippen LogP contribution in [0.1, 0.15) is 19.3 Å². The van der Waals surface area contributed by atoms with Crippen LogP contribution in [0.3, 0.4) is 0 Å². The summed E-state index contributed by atoms with van der Waals surface area (Å²) in [6.45, 7) is 0. The largest absolute Gasteiger partial charge is 0.469 e. The molecule has 14 heavy (non-hydrogen) atoms. The van der Waals surface area contributed by atoms with E-state index in [9.17, 15) is 17.1 Å². The Morgan fingerprint density at radius 2 is 2.21 bits per heavy atom. The molecule has 2 aliphatic rings.